The number of nitrogens with one attached hydrogen (secondary N) is 1. The predicted octanol–water partition coefficient (Wildman–Crippen LogP) is 1.96. The molecule has 3 N–H and O–H groups in total. The summed E-state index contributed by atoms with van der Waals surface area (Å²) in [5.41, 5.74) is 8.41. The van der Waals surface area contributed by atoms with Gasteiger partial charge in [-0.05, 0) is 24.6 Å². The molecule has 1 fully saturated rings. The Kier molecular flexibility index (Phi) is 4.71. The topological polar surface area (TPSA) is 107 Å². The molecule has 1 unspecified atom stereocenters. The molecule has 10 heteroatoms. The van der Waals surface area contributed by atoms with Gasteiger partial charge in [0.15, 0.2) is 9.84 Å². The molecule has 27 heavy (non-hydrogen) atoms. The third-order valence-corrected chi connectivity index (χ3v) is 7.74. The Morgan fingerprint density at radius 2 is 2.19 bits per heavy atom. The molecule has 0 aliphatic carbocycles. The Bertz CT molecular complexity index is 1120. The molecule has 1 amide bonds. The van der Waals surface area contributed by atoms with E-state index in [9.17, 15) is 13.2 Å². The van der Waals surface area contributed by atoms with Gasteiger partial charge in [0, 0.05) is 23.4 Å². The van der Waals surface area contributed by atoms with E-state index in [1.807, 2.05) is 24.4 Å². The van der Waals surface area contributed by atoms with Gasteiger partial charge in [-0.1, -0.05) is 17.7 Å². The van der Waals surface area contributed by atoms with Crippen molar-refractivity contribution in [3.05, 3.63) is 45.9 Å². The van der Waals surface area contributed by atoms with E-state index in [1.165, 1.54) is 0 Å². The van der Waals surface area contributed by atoms with Gasteiger partial charge < -0.3 is 11.1 Å². The number of fused-ring (bicyclic) bond motifs is 1. The molecule has 0 spiro atoms. The summed E-state index contributed by atoms with van der Waals surface area (Å²) in [5, 5.41) is 7.04. The van der Waals surface area contributed by atoms with Gasteiger partial charge in [-0.25, -0.2) is 12.9 Å². The standard InChI is InChI=1S/C17H17ClN4O3S2/c18-16-10(11-8-20-22-5-2-1-3-14(11)22)7-15(26-16)17(23)21-13-9-27(24,25)6-4-12(13)19/h1-3,5,7-8,12-13H,4,6,9,19H2,(H,21,23)/t12?,13-/m0/s1. The molecule has 1 saturated heterocycles. The highest BCUT2D eigenvalue weighted by molar-refractivity contribution is 7.91. The minimum absolute atomic E-state index is 0.0598. The Morgan fingerprint density at radius 3 is 3.00 bits per heavy atom. The number of sulfone groups is 1. The van der Waals surface area contributed by atoms with Crippen LogP contribution in [0.5, 0.6) is 0 Å². The van der Waals surface area contributed by atoms with Crippen molar-refractivity contribution < 1.29 is 13.2 Å². The zero-order chi connectivity index (χ0) is 19.2. The number of amides is 1. The Labute approximate surface area is 165 Å². The molecule has 4 heterocycles. The van der Waals surface area contributed by atoms with Crippen LogP contribution in [0, 0.1) is 0 Å². The molecule has 0 aromatic carbocycles. The van der Waals surface area contributed by atoms with Gasteiger partial charge in [0.2, 0.25) is 0 Å². The maximum absolute atomic E-state index is 12.6. The number of aromatic nitrogens is 2. The first-order chi connectivity index (χ1) is 12.8. The first-order valence-corrected chi connectivity index (χ1v) is 11.3. The quantitative estimate of drug-likeness (QED) is 0.668. The number of halogens is 1. The first kappa shape index (κ1) is 18.4. The molecule has 7 nitrogen and oxygen atoms in total. The largest absolute Gasteiger partial charge is 0.346 e. The fraction of sp³-hybridized carbons (Fsp3) is 0.294. The zero-order valence-electron chi connectivity index (χ0n) is 14.1. The average Bonchev–Trinajstić information content (AvgIpc) is 3.21. The van der Waals surface area contributed by atoms with Crippen LogP contribution in [0.25, 0.3) is 16.6 Å². The van der Waals surface area contributed by atoms with E-state index in [4.69, 9.17) is 17.3 Å². The van der Waals surface area contributed by atoms with Crippen LogP contribution in [0.4, 0.5) is 0 Å². The van der Waals surface area contributed by atoms with E-state index < -0.39 is 15.9 Å². The van der Waals surface area contributed by atoms with Crippen LogP contribution in [-0.2, 0) is 9.84 Å². The van der Waals surface area contributed by atoms with Crippen LogP contribution in [0.1, 0.15) is 16.1 Å². The first-order valence-electron chi connectivity index (χ1n) is 8.33. The summed E-state index contributed by atoms with van der Waals surface area (Å²) in [4.78, 5) is 13.0. The minimum Gasteiger partial charge on any atom is -0.346 e. The van der Waals surface area contributed by atoms with Crippen LogP contribution in [-0.4, -0.2) is 47.5 Å². The summed E-state index contributed by atoms with van der Waals surface area (Å²) in [5.74, 6) is -0.452. The highest BCUT2D eigenvalue weighted by atomic mass is 35.5. The molecule has 3 aromatic heterocycles. The monoisotopic (exact) mass is 424 g/mol. The lowest BCUT2D eigenvalue weighted by Crippen LogP contribution is -2.55. The molecule has 2 atom stereocenters. The summed E-state index contributed by atoms with van der Waals surface area (Å²) in [6.45, 7) is 0. The van der Waals surface area contributed by atoms with Crippen molar-refractivity contribution in [1.82, 2.24) is 14.9 Å². The maximum Gasteiger partial charge on any atom is 0.261 e. The summed E-state index contributed by atoms with van der Waals surface area (Å²) in [6.07, 6.45) is 3.87. The average molecular weight is 425 g/mol. The van der Waals surface area contributed by atoms with Crippen molar-refractivity contribution in [2.75, 3.05) is 11.5 Å². The zero-order valence-corrected chi connectivity index (χ0v) is 16.5. The van der Waals surface area contributed by atoms with Gasteiger partial charge >= 0.3 is 0 Å². The number of rotatable bonds is 3. The number of thiophene rings is 1. The van der Waals surface area contributed by atoms with Crippen molar-refractivity contribution in [2.45, 2.75) is 18.5 Å². The SMILES string of the molecule is NC1CCS(=O)(=O)C[C@@H]1NC(=O)c1cc(-c2cnn3ccccc23)c(Cl)s1. The number of carbonyl (C=O) groups is 1. The number of nitrogens with two attached hydrogens (primary N) is 1. The third-order valence-electron chi connectivity index (χ3n) is 4.66. The van der Waals surface area contributed by atoms with Crippen LogP contribution in [0.15, 0.2) is 36.7 Å². The van der Waals surface area contributed by atoms with Crippen LogP contribution < -0.4 is 11.1 Å². The normalized spacial score (nSPS) is 22.0. The Balaban J connectivity index is 1.60. The number of nitrogens with zero attached hydrogens (tertiary/aromatic N) is 2. The Hall–Kier alpha value is -1.94. The number of carbonyl (C=O) groups excluding carboxylic acids is 1. The fourth-order valence-electron chi connectivity index (χ4n) is 3.19. The van der Waals surface area contributed by atoms with Crippen molar-refractivity contribution in [3.8, 4) is 11.1 Å². The van der Waals surface area contributed by atoms with Crippen molar-refractivity contribution in [3.63, 3.8) is 0 Å². The van der Waals surface area contributed by atoms with Crippen LogP contribution in [0.2, 0.25) is 4.34 Å². The van der Waals surface area contributed by atoms with Gasteiger partial charge in [-0.3, -0.25) is 4.79 Å². The molecule has 1 aliphatic heterocycles. The van der Waals surface area contributed by atoms with E-state index in [0.717, 1.165) is 22.4 Å². The van der Waals surface area contributed by atoms with E-state index >= 15 is 0 Å². The van der Waals surface area contributed by atoms with Crippen LogP contribution in [0.3, 0.4) is 0 Å². The second kappa shape index (κ2) is 6.90. The molecule has 0 radical (unpaired) electrons. The molecule has 4 rings (SSSR count). The van der Waals surface area contributed by atoms with Gasteiger partial charge in [-0.15, -0.1) is 11.3 Å². The maximum atomic E-state index is 12.6. The molecule has 0 saturated carbocycles. The highest BCUT2D eigenvalue weighted by Gasteiger charge is 2.32. The van der Waals surface area contributed by atoms with Gasteiger partial charge in [0.1, 0.15) is 4.34 Å². The number of pyridine rings is 1. The number of hydrogen-bond donors (Lipinski definition) is 2. The second-order valence-electron chi connectivity index (χ2n) is 6.53. The molecular weight excluding hydrogens is 408 g/mol. The van der Waals surface area contributed by atoms with Crippen molar-refractivity contribution in [1.29, 1.82) is 0 Å². The summed E-state index contributed by atoms with van der Waals surface area (Å²) in [7, 11) is -3.18. The van der Waals surface area contributed by atoms with Crippen LogP contribution >= 0.6 is 22.9 Å². The lowest BCUT2D eigenvalue weighted by Gasteiger charge is -2.28. The van der Waals surface area contributed by atoms with Gasteiger partial charge in [-0.2, -0.15) is 5.10 Å². The number of hydrogen-bond acceptors (Lipinski definition) is 6. The molecule has 3 aromatic rings. The highest BCUT2D eigenvalue weighted by Crippen LogP contribution is 2.37. The molecule has 0 bridgehead atoms. The van der Waals surface area contributed by atoms with E-state index in [0.29, 0.717) is 21.2 Å². The lowest BCUT2D eigenvalue weighted by molar-refractivity contribution is 0.0938. The van der Waals surface area contributed by atoms with Gasteiger partial charge in [0.25, 0.3) is 5.91 Å². The molecule has 142 valence electrons. The third kappa shape index (κ3) is 3.60. The lowest BCUT2D eigenvalue weighted by atomic mass is 10.1. The summed E-state index contributed by atoms with van der Waals surface area (Å²) in [6, 6.07) is 6.42. The fourth-order valence-corrected chi connectivity index (χ4v) is 6.07. The van der Waals surface area contributed by atoms with E-state index in [2.05, 4.69) is 10.4 Å². The smallest absolute Gasteiger partial charge is 0.261 e. The van der Waals surface area contributed by atoms with Crippen molar-refractivity contribution >= 4 is 44.2 Å². The summed E-state index contributed by atoms with van der Waals surface area (Å²) >= 11 is 7.52. The van der Waals surface area contributed by atoms with E-state index in [-0.39, 0.29) is 23.5 Å². The van der Waals surface area contributed by atoms with E-state index in [1.54, 1.807) is 16.8 Å². The summed E-state index contributed by atoms with van der Waals surface area (Å²) < 4.78 is 25.9. The Morgan fingerprint density at radius 1 is 1.37 bits per heavy atom. The second-order valence-corrected chi connectivity index (χ2v) is 10.4. The minimum atomic E-state index is -3.18. The van der Waals surface area contributed by atoms with Gasteiger partial charge in [0.05, 0.1) is 34.1 Å². The predicted molar refractivity (Wildman–Crippen MR) is 106 cm³/mol. The molecule has 1 aliphatic rings. The van der Waals surface area contributed by atoms with Crippen molar-refractivity contribution in [2.24, 2.45) is 5.73 Å². The molecular formula is C17H17ClN4O3S2.